The van der Waals surface area contributed by atoms with Gasteiger partial charge in [-0.05, 0) is 12.2 Å². The van der Waals surface area contributed by atoms with Gasteiger partial charge in [0.25, 0.3) is 0 Å². The van der Waals surface area contributed by atoms with Crippen molar-refractivity contribution in [3.05, 3.63) is 0 Å². The van der Waals surface area contributed by atoms with Crippen molar-refractivity contribution in [1.82, 2.24) is 15.5 Å². The van der Waals surface area contributed by atoms with Crippen LogP contribution in [0.1, 0.15) is 6.42 Å². The van der Waals surface area contributed by atoms with Crippen molar-refractivity contribution >= 4 is 23.6 Å². The maximum atomic E-state index is 12.3. The number of hydrogen-bond acceptors (Lipinski definition) is 4. The Hall–Kier alpha value is -0.750. The molecule has 0 aromatic carbocycles. The highest BCUT2D eigenvalue weighted by Crippen LogP contribution is 2.26. The summed E-state index contributed by atoms with van der Waals surface area (Å²) in [5.41, 5.74) is 0. The summed E-state index contributed by atoms with van der Waals surface area (Å²) in [5, 5.41) is 5.80. The van der Waals surface area contributed by atoms with Gasteiger partial charge in [0.2, 0.25) is 11.8 Å². The first kappa shape index (κ1) is 12.7. The van der Waals surface area contributed by atoms with Gasteiger partial charge < -0.3 is 15.5 Å². The lowest BCUT2D eigenvalue weighted by atomic mass is 10.0. The van der Waals surface area contributed by atoms with E-state index in [2.05, 4.69) is 10.6 Å². The van der Waals surface area contributed by atoms with Crippen LogP contribution >= 0.6 is 11.8 Å². The first-order valence-corrected chi connectivity index (χ1v) is 7.20. The fraction of sp³-hybridized carbons (Fsp3) is 0.818. The van der Waals surface area contributed by atoms with Crippen LogP contribution in [-0.4, -0.2) is 60.9 Å². The summed E-state index contributed by atoms with van der Waals surface area (Å²) < 4.78 is 0. The van der Waals surface area contributed by atoms with Crippen LogP contribution in [0.4, 0.5) is 0 Å². The van der Waals surface area contributed by atoms with E-state index in [4.69, 9.17) is 0 Å². The molecule has 2 unspecified atom stereocenters. The van der Waals surface area contributed by atoms with Gasteiger partial charge in [0.05, 0.1) is 0 Å². The molecule has 96 valence electrons. The van der Waals surface area contributed by atoms with E-state index in [1.54, 1.807) is 11.9 Å². The number of thioether (sulfide) groups is 1. The van der Waals surface area contributed by atoms with E-state index in [0.717, 1.165) is 24.5 Å². The molecule has 2 atom stereocenters. The zero-order chi connectivity index (χ0) is 12.3. The van der Waals surface area contributed by atoms with E-state index >= 15 is 0 Å². The second-order valence-corrected chi connectivity index (χ2v) is 5.58. The Bertz CT molecular complexity index is 305. The number of amides is 2. The first-order valence-electron chi connectivity index (χ1n) is 6.04. The molecule has 2 N–H and O–H groups in total. The van der Waals surface area contributed by atoms with Crippen molar-refractivity contribution in [3.63, 3.8) is 0 Å². The van der Waals surface area contributed by atoms with Crippen molar-refractivity contribution < 1.29 is 9.59 Å². The highest BCUT2D eigenvalue weighted by atomic mass is 32.2. The number of carbonyl (C=O) groups is 2. The molecule has 2 amide bonds. The van der Waals surface area contributed by atoms with Crippen LogP contribution in [0.3, 0.4) is 0 Å². The number of nitrogens with one attached hydrogen (secondary N) is 2. The predicted octanol–water partition coefficient (Wildman–Crippen LogP) is -0.714. The Morgan fingerprint density at radius 1 is 1.47 bits per heavy atom. The first-order chi connectivity index (χ1) is 8.24. The molecule has 0 spiro atoms. The second-order valence-electron chi connectivity index (χ2n) is 4.43. The molecule has 0 radical (unpaired) electrons. The van der Waals surface area contributed by atoms with E-state index in [1.807, 2.05) is 11.8 Å². The van der Waals surface area contributed by atoms with Gasteiger partial charge >= 0.3 is 0 Å². The lowest BCUT2D eigenvalue weighted by molar-refractivity contribution is -0.144. The third-order valence-electron chi connectivity index (χ3n) is 3.35. The average molecular weight is 257 g/mol. The van der Waals surface area contributed by atoms with Crippen LogP contribution in [-0.2, 0) is 9.59 Å². The molecule has 0 aliphatic carbocycles. The number of rotatable bonds is 2. The summed E-state index contributed by atoms with van der Waals surface area (Å²) in [6.45, 7) is 1.97. The molecule has 2 fully saturated rings. The Morgan fingerprint density at radius 2 is 2.29 bits per heavy atom. The summed E-state index contributed by atoms with van der Waals surface area (Å²) in [6.07, 6.45) is 0.952. The largest absolute Gasteiger partial charge is 0.357 e. The Labute approximate surface area is 106 Å². The number of piperazine rings is 1. The molecule has 6 heteroatoms. The highest BCUT2D eigenvalue weighted by Gasteiger charge is 2.35. The molecule has 5 nitrogen and oxygen atoms in total. The zero-order valence-corrected chi connectivity index (χ0v) is 10.9. The van der Waals surface area contributed by atoms with Gasteiger partial charge in [-0.3, -0.25) is 9.59 Å². The molecule has 2 rings (SSSR count). The summed E-state index contributed by atoms with van der Waals surface area (Å²) in [5.74, 6) is 2.17. The average Bonchev–Trinajstić information content (AvgIpc) is 2.91. The van der Waals surface area contributed by atoms with Gasteiger partial charge in [0.15, 0.2) is 0 Å². The number of hydrogen-bond donors (Lipinski definition) is 2. The Morgan fingerprint density at radius 3 is 2.94 bits per heavy atom. The van der Waals surface area contributed by atoms with E-state index < -0.39 is 0 Å². The second kappa shape index (κ2) is 5.73. The summed E-state index contributed by atoms with van der Waals surface area (Å²) >= 11 is 1.83. The molecular weight excluding hydrogens is 238 g/mol. The number of carbonyl (C=O) groups excluding carboxylic acids is 2. The van der Waals surface area contributed by atoms with Gasteiger partial charge in [-0.2, -0.15) is 11.8 Å². The van der Waals surface area contributed by atoms with Crippen LogP contribution in [0.25, 0.3) is 0 Å². The van der Waals surface area contributed by atoms with Crippen LogP contribution in [0.2, 0.25) is 0 Å². The monoisotopic (exact) mass is 257 g/mol. The molecule has 0 aromatic rings. The Balaban J connectivity index is 2.04. The van der Waals surface area contributed by atoms with Crippen LogP contribution in [0.15, 0.2) is 0 Å². The fourth-order valence-electron chi connectivity index (χ4n) is 2.33. The lowest BCUT2D eigenvalue weighted by Gasteiger charge is -2.36. The Kier molecular flexibility index (Phi) is 4.28. The van der Waals surface area contributed by atoms with Crippen molar-refractivity contribution in [2.45, 2.75) is 12.5 Å². The minimum Gasteiger partial charge on any atom is -0.357 e. The number of likely N-dealkylation sites (N-methyl/N-ethyl adjacent to an activating group) is 1. The SMILES string of the molecule is CNC(=O)C1CNCCN1C(=O)C1CCSC1. The molecule has 2 aliphatic heterocycles. The van der Waals surface area contributed by atoms with Gasteiger partial charge in [0.1, 0.15) is 6.04 Å². The van der Waals surface area contributed by atoms with Crippen molar-refractivity contribution in [1.29, 1.82) is 0 Å². The van der Waals surface area contributed by atoms with Gasteiger partial charge in [-0.25, -0.2) is 0 Å². The van der Waals surface area contributed by atoms with E-state index in [0.29, 0.717) is 13.1 Å². The predicted molar refractivity (Wildman–Crippen MR) is 67.9 cm³/mol. The van der Waals surface area contributed by atoms with Crippen LogP contribution in [0, 0.1) is 5.92 Å². The maximum Gasteiger partial charge on any atom is 0.243 e. The highest BCUT2D eigenvalue weighted by molar-refractivity contribution is 7.99. The minimum absolute atomic E-state index is 0.0730. The lowest BCUT2D eigenvalue weighted by Crippen LogP contribution is -2.60. The van der Waals surface area contributed by atoms with Gasteiger partial charge in [-0.1, -0.05) is 0 Å². The minimum atomic E-state index is -0.341. The molecule has 0 saturated carbocycles. The van der Waals surface area contributed by atoms with Gasteiger partial charge in [0, 0.05) is 38.4 Å². The molecule has 17 heavy (non-hydrogen) atoms. The third-order valence-corrected chi connectivity index (χ3v) is 4.52. The molecular formula is C11H19N3O2S. The summed E-state index contributed by atoms with van der Waals surface area (Å²) in [7, 11) is 1.62. The number of nitrogens with zero attached hydrogens (tertiary/aromatic N) is 1. The zero-order valence-electron chi connectivity index (χ0n) is 10.1. The molecule has 2 saturated heterocycles. The summed E-state index contributed by atoms with van der Waals surface area (Å²) in [4.78, 5) is 25.8. The standard InChI is InChI=1S/C11H19N3O2S/c1-12-10(15)9-6-13-3-4-14(9)11(16)8-2-5-17-7-8/h8-9,13H,2-7H2,1H3,(H,12,15). The maximum absolute atomic E-state index is 12.3. The molecule has 2 heterocycles. The quantitative estimate of drug-likeness (QED) is 0.686. The normalized spacial score (nSPS) is 29.1. The molecule has 0 bridgehead atoms. The topological polar surface area (TPSA) is 61.4 Å². The van der Waals surface area contributed by atoms with Crippen LogP contribution < -0.4 is 10.6 Å². The summed E-state index contributed by atoms with van der Waals surface area (Å²) in [6, 6.07) is -0.341. The van der Waals surface area contributed by atoms with E-state index in [1.165, 1.54) is 0 Å². The molecule has 0 aromatic heterocycles. The third kappa shape index (κ3) is 2.74. The smallest absolute Gasteiger partial charge is 0.243 e. The van der Waals surface area contributed by atoms with E-state index in [9.17, 15) is 9.59 Å². The van der Waals surface area contributed by atoms with Crippen molar-refractivity contribution in [3.8, 4) is 0 Å². The molecule has 2 aliphatic rings. The van der Waals surface area contributed by atoms with Gasteiger partial charge in [-0.15, -0.1) is 0 Å². The fourth-order valence-corrected chi connectivity index (χ4v) is 3.54. The van der Waals surface area contributed by atoms with Crippen molar-refractivity contribution in [2.75, 3.05) is 38.2 Å². The van der Waals surface area contributed by atoms with E-state index in [-0.39, 0.29) is 23.8 Å². The van der Waals surface area contributed by atoms with Crippen molar-refractivity contribution in [2.24, 2.45) is 5.92 Å². The van der Waals surface area contributed by atoms with Crippen LogP contribution in [0.5, 0.6) is 0 Å².